The van der Waals surface area contributed by atoms with Crippen LogP contribution < -0.4 is 0 Å². The lowest BCUT2D eigenvalue weighted by molar-refractivity contribution is 0.153. The molecule has 0 amide bonds. The Morgan fingerprint density at radius 2 is 0.480 bits per heavy atom. The van der Waals surface area contributed by atoms with Crippen LogP contribution in [0, 0.1) is 5.92 Å². The second kappa shape index (κ2) is 45.5. The van der Waals surface area contributed by atoms with Crippen molar-refractivity contribution in [1.29, 1.82) is 0 Å². The van der Waals surface area contributed by atoms with Gasteiger partial charge in [0, 0.05) is 0 Å². The predicted octanol–water partition coefficient (Wildman–Crippen LogP) is 17.8. The zero-order chi connectivity index (χ0) is 36.3. The van der Waals surface area contributed by atoms with Gasteiger partial charge in [0.05, 0.1) is 19.8 Å². The first-order valence-corrected chi connectivity index (χ1v) is 24.5. The van der Waals surface area contributed by atoms with Gasteiger partial charge in [0.1, 0.15) is 0 Å². The average molecular weight is 727 g/mol. The van der Waals surface area contributed by atoms with Crippen LogP contribution in [0.1, 0.15) is 272 Å². The van der Waals surface area contributed by atoms with Gasteiger partial charge in [-0.15, -0.1) is 0 Å². The summed E-state index contributed by atoms with van der Waals surface area (Å²) in [5.41, 5.74) is 0. The summed E-state index contributed by atoms with van der Waals surface area (Å²) in [6.45, 7) is 11.6. The Morgan fingerprint density at radius 1 is 0.280 bits per heavy atom. The zero-order valence-electron chi connectivity index (χ0n) is 35.2. The highest BCUT2D eigenvalue weighted by Gasteiger charge is 2.12. The highest BCUT2D eigenvalue weighted by atomic mass is 31.2. The Bertz CT molecular complexity index is 548. The fraction of sp³-hybridized carbons (Fsp3) is 1.00. The van der Waals surface area contributed by atoms with E-state index in [1.807, 2.05) is 0 Å². The molecule has 0 unspecified atom stereocenters. The van der Waals surface area contributed by atoms with Gasteiger partial charge in [0.25, 0.3) is 0 Å². The highest BCUT2D eigenvalue weighted by molar-refractivity contribution is 7.41. The van der Waals surface area contributed by atoms with Crippen LogP contribution in [0.4, 0.5) is 0 Å². The quantitative estimate of drug-likeness (QED) is 0.0462. The molecular formula is C46H95O3P. The molecule has 0 saturated carbocycles. The summed E-state index contributed by atoms with van der Waals surface area (Å²) < 4.78 is 18.5. The van der Waals surface area contributed by atoms with Gasteiger partial charge < -0.3 is 13.6 Å². The molecular weight excluding hydrogens is 631 g/mol. The minimum absolute atomic E-state index is 0.786. The Kier molecular flexibility index (Phi) is 45.7. The van der Waals surface area contributed by atoms with Crippen LogP contribution in [0.3, 0.4) is 0 Å². The molecule has 0 radical (unpaired) electrons. The molecule has 50 heavy (non-hydrogen) atoms. The summed E-state index contributed by atoms with van der Waals surface area (Å²) in [6.07, 6.45) is 52.6. The van der Waals surface area contributed by atoms with Crippen molar-refractivity contribution in [3.8, 4) is 0 Å². The van der Waals surface area contributed by atoms with Gasteiger partial charge in [-0.25, -0.2) is 0 Å². The van der Waals surface area contributed by atoms with Crippen LogP contribution in [0.25, 0.3) is 0 Å². The fourth-order valence-electron chi connectivity index (χ4n) is 7.01. The molecule has 0 saturated heterocycles. The predicted molar refractivity (Wildman–Crippen MR) is 226 cm³/mol. The lowest BCUT2D eigenvalue weighted by Gasteiger charge is -2.17. The van der Waals surface area contributed by atoms with Gasteiger partial charge in [0.2, 0.25) is 0 Å². The second-order valence-corrected chi connectivity index (χ2v) is 17.5. The van der Waals surface area contributed by atoms with E-state index in [1.165, 1.54) is 225 Å². The van der Waals surface area contributed by atoms with Crippen molar-refractivity contribution >= 4 is 8.60 Å². The third-order valence-electron chi connectivity index (χ3n) is 10.5. The van der Waals surface area contributed by atoms with E-state index in [0.717, 1.165) is 45.0 Å². The highest BCUT2D eigenvalue weighted by Crippen LogP contribution is 2.40. The van der Waals surface area contributed by atoms with Crippen molar-refractivity contribution in [3.63, 3.8) is 0 Å². The first kappa shape index (κ1) is 50.3. The van der Waals surface area contributed by atoms with Gasteiger partial charge in [-0.1, -0.05) is 252 Å². The van der Waals surface area contributed by atoms with E-state index < -0.39 is 8.60 Å². The third kappa shape index (κ3) is 44.5. The Balaban J connectivity index is 3.84. The van der Waals surface area contributed by atoms with Crippen molar-refractivity contribution < 1.29 is 13.6 Å². The number of rotatable bonds is 45. The number of hydrogen-bond acceptors (Lipinski definition) is 3. The molecule has 302 valence electrons. The van der Waals surface area contributed by atoms with Crippen molar-refractivity contribution in [2.45, 2.75) is 272 Å². The molecule has 0 heterocycles. The molecule has 0 aliphatic carbocycles. The van der Waals surface area contributed by atoms with E-state index >= 15 is 0 Å². The minimum Gasteiger partial charge on any atom is -0.312 e. The van der Waals surface area contributed by atoms with Crippen LogP contribution >= 0.6 is 8.60 Å². The van der Waals surface area contributed by atoms with E-state index in [1.54, 1.807) is 0 Å². The largest absolute Gasteiger partial charge is 0.332 e. The van der Waals surface area contributed by atoms with E-state index in [0.29, 0.717) is 0 Å². The summed E-state index contributed by atoms with van der Waals surface area (Å²) in [4.78, 5) is 0. The topological polar surface area (TPSA) is 27.7 Å². The molecule has 0 bridgehead atoms. The van der Waals surface area contributed by atoms with Crippen LogP contribution in [0.5, 0.6) is 0 Å². The van der Waals surface area contributed by atoms with Crippen LogP contribution in [0.2, 0.25) is 0 Å². The zero-order valence-corrected chi connectivity index (χ0v) is 36.1. The molecule has 0 rings (SSSR count). The van der Waals surface area contributed by atoms with Gasteiger partial charge in [-0.3, -0.25) is 0 Å². The smallest absolute Gasteiger partial charge is 0.312 e. The van der Waals surface area contributed by atoms with Gasteiger partial charge >= 0.3 is 8.60 Å². The average Bonchev–Trinajstić information content (AvgIpc) is 3.11. The Morgan fingerprint density at radius 3 is 0.700 bits per heavy atom. The van der Waals surface area contributed by atoms with E-state index in [9.17, 15) is 0 Å². The maximum Gasteiger partial charge on any atom is 0.332 e. The van der Waals surface area contributed by atoms with Gasteiger partial charge in [-0.2, -0.15) is 0 Å². The molecule has 0 aliphatic rings. The van der Waals surface area contributed by atoms with Crippen LogP contribution in [0.15, 0.2) is 0 Å². The summed E-state index contributed by atoms with van der Waals surface area (Å²) in [6, 6.07) is 0. The van der Waals surface area contributed by atoms with Crippen LogP contribution in [-0.2, 0) is 13.6 Å². The van der Waals surface area contributed by atoms with Gasteiger partial charge in [0.15, 0.2) is 0 Å². The minimum atomic E-state index is -1.18. The Labute approximate surface area is 318 Å². The normalized spacial score (nSPS) is 11.9. The third-order valence-corrected chi connectivity index (χ3v) is 11.7. The fourth-order valence-corrected chi connectivity index (χ4v) is 8.07. The van der Waals surface area contributed by atoms with Crippen molar-refractivity contribution in [2.75, 3.05) is 19.8 Å². The van der Waals surface area contributed by atoms with E-state index in [2.05, 4.69) is 27.7 Å². The standard InChI is InChI=1S/C46H95O3P/c1-5-7-9-11-13-15-17-19-21-23-25-27-29-31-35-39-43-47-50(49-45-41-37-33-34-38-42-46(3)4)48-44-40-36-32-30-28-26-24-22-20-18-16-14-12-10-8-6-2/h46H,5-45H2,1-4H3. The Hall–Kier alpha value is 0.310. The summed E-state index contributed by atoms with van der Waals surface area (Å²) >= 11 is 0. The SMILES string of the molecule is CCCCCCCCCCCCCCCCCCOP(OCCCCCCCCCCCCCCCCCC)OCCCCCCCC(C)C. The van der Waals surface area contributed by atoms with Crippen molar-refractivity contribution in [2.24, 2.45) is 5.92 Å². The molecule has 0 aliphatic heterocycles. The van der Waals surface area contributed by atoms with Crippen molar-refractivity contribution in [3.05, 3.63) is 0 Å². The second-order valence-electron chi connectivity index (χ2n) is 16.3. The lowest BCUT2D eigenvalue weighted by Crippen LogP contribution is -2.01. The molecule has 0 aromatic carbocycles. The maximum atomic E-state index is 6.18. The number of hydrogen-bond donors (Lipinski definition) is 0. The van der Waals surface area contributed by atoms with Gasteiger partial charge in [-0.05, 0) is 25.2 Å². The molecule has 0 aromatic heterocycles. The van der Waals surface area contributed by atoms with E-state index in [4.69, 9.17) is 13.6 Å². The maximum absolute atomic E-state index is 6.18. The van der Waals surface area contributed by atoms with E-state index in [-0.39, 0.29) is 0 Å². The summed E-state index contributed by atoms with van der Waals surface area (Å²) in [5.74, 6) is 0.833. The van der Waals surface area contributed by atoms with Crippen molar-refractivity contribution in [1.82, 2.24) is 0 Å². The molecule has 0 fully saturated rings. The van der Waals surface area contributed by atoms with Crippen LogP contribution in [-0.4, -0.2) is 19.8 Å². The molecule has 3 nitrogen and oxygen atoms in total. The number of unbranched alkanes of at least 4 members (excludes halogenated alkanes) is 34. The summed E-state index contributed by atoms with van der Waals surface area (Å²) in [7, 11) is -1.18. The molecule has 0 atom stereocenters. The first-order valence-electron chi connectivity index (χ1n) is 23.4. The molecule has 0 spiro atoms. The molecule has 0 N–H and O–H groups in total. The molecule has 4 heteroatoms. The first-order chi connectivity index (χ1) is 24.7. The lowest BCUT2D eigenvalue weighted by atomic mass is 10.0. The monoisotopic (exact) mass is 727 g/mol. The summed E-state index contributed by atoms with van der Waals surface area (Å²) in [5, 5.41) is 0. The molecule has 0 aromatic rings.